The van der Waals surface area contributed by atoms with Crippen LogP contribution >= 0.6 is 0 Å². The van der Waals surface area contributed by atoms with Crippen LogP contribution in [0.25, 0.3) is 0 Å². The highest BCUT2D eigenvalue weighted by Gasteiger charge is 2.11. The zero-order valence-corrected chi connectivity index (χ0v) is 8.97. The summed E-state index contributed by atoms with van der Waals surface area (Å²) in [6, 6.07) is 1.59. The fourth-order valence-corrected chi connectivity index (χ4v) is 1.23. The number of carbonyl (C=O) groups is 1. The normalized spacial score (nSPS) is 9.88. The molecule has 8 nitrogen and oxygen atoms in total. The van der Waals surface area contributed by atoms with Crippen molar-refractivity contribution < 1.29 is 4.79 Å². The van der Waals surface area contributed by atoms with Gasteiger partial charge in [0.05, 0.1) is 6.54 Å². The molecule has 0 aromatic carbocycles. The Morgan fingerprint density at radius 3 is 2.75 bits per heavy atom. The van der Waals surface area contributed by atoms with Crippen LogP contribution in [0.4, 0.5) is 17.6 Å². The van der Waals surface area contributed by atoms with Gasteiger partial charge in [-0.3, -0.25) is 4.79 Å². The topological polar surface area (TPSA) is 136 Å². The number of hydrogen-bond donors (Lipinski definition) is 4. The van der Waals surface area contributed by atoms with E-state index < -0.39 is 5.91 Å². The van der Waals surface area contributed by atoms with Crippen LogP contribution in [0.2, 0.25) is 0 Å². The monoisotopic (exact) mass is 225 g/mol. The minimum atomic E-state index is -0.443. The van der Waals surface area contributed by atoms with E-state index in [4.69, 9.17) is 17.3 Å². The summed E-state index contributed by atoms with van der Waals surface area (Å²) in [4.78, 5) is 20.3. The average Bonchev–Trinajstić information content (AvgIpc) is 2.24. The van der Waals surface area contributed by atoms with Crippen LogP contribution in [-0.4, -0.2) is 29.0 Å². The first-order valence-electron chi connectivity index (χ1n) is 4.71. The second-order valence-corrected chi connectivity index (χ2v) is 3.09. The Bertz CT molecular complexity index is 381. The van der Waals surface area contributed by atoms with E-state index in [1.54, 1.807) is 11.0 Å². The van der Waals surface area contributed by atoms with Crippen LogP contribution in [0.5, 0.6) is 0 Å². The molecule has 1 aromatic heterocycles. The van der Waals surface area contributed by atoms with E-state index >= 15 is 0 Å². The summed E-state index contributed by atoms with van der Waals surface area (Å²) in [6.07, 6.45) is 0. The molecule has 7 N–H and O–H groups in total. The molecule has 0 aliphatic heterocycles. The van der Waals surface area contributed by atoms with Gasteiger partial charge >= 0.3 is 0 Å². The zero-order valence-electron chi connectivity index (χ0n) is 8.97. The highest BCUT2D eigenvalue weighted by Crippen LogP contribution is 2.15. The van der Waals surface area contributed by atoms with Crippen molar-refractivity contribution in [3.8, 4) is 0 Å². The number of nitrogens with one attached hydrogen (secondary N) is 1. The molecule has 0 fully saturated rings. The largest absolute Gasteiger partial charge is 0.368 e. The summed E-state index contributed by atoms with van der Waals surface area (Å²) in [5.74, 6) is 5.74. The van der Waals surface area contributed by atoms with E-state index in [0.717, 1.165) is 0 Å². The first-order chi connectivity index (χ1) is 7.56. The molecule has 1 amide bonds. The number of amides is 1. The number of nitrogen functional groups attached to an aromatic ring is 2. The number of nitrogens with zero attached hydrogens (tertiary/aromatic N) is 3. The van der Waals surface area contributed by atoms with Crippen molar-refractivity contribution in [1.82, 2.24) is 9.97 Å². The molecule has 0 aliphatic carbocycles. The molecule has 1 heterocycles. The molecule has 0 atom stereocenters. The maximum absolute atomic E-state index is 10.8. The van der Waals surface area contributed by atoms with Crippen LogP contribution in [0.15, 0.2) is 6.07 Å². The number of carbonyl (C=O) groups excluding carboxylic acids is 1. The molecule has 1 aromatic rings. The summed E-state index contributed by atoms with van der Waals surface area (Å²) in [6.45, 7) is 2.51. The molecule has 88 valence electrons. The number of aromatic nitrogens is 2. The third-order valence-electron chi connectivity index (χ3n) is 1.93. The molecular formula is C8H15N7O. The third-order valence-corrected chi connectivity index (χ3v) is 1.93. The first kappa shape index (κ1) is 12.0. The lowest BCUT2D eigenvalue weighted by Gasteiger charge is -2.20. The van der Waals surface area contributed by atoms with Gasteiger partial charge in [-0.2, -0.15) is 9.97 Å². The predicted molar refractivity (Wildman–Crippen MR) is 61.3 cm³/mol. The highest BCUT2D eigenvalue weighted by molar-refractivity contribution is 5.79. The van der Waals surface area contributed by atoms with Crippen molar-refractivity contribution in [3.05, 3.63) is 6.07 Å². The van der Waals surface area contributed by atoms with Gasteiger partial charge in [0.2, 0.25) is 11.9 Å². The van der Waals surface area contributed by atoms with Crippen LogP contribution in [-0.2, 0) is 4.79 Å². The summed E-state index contributed by atoms with van der Waals surface area (Å²) >= 11 is 0. The van der Waals surface area contributed by atoms with Crippen LogP contribution < -0.4 is 27.6 Å². The standard InChI is InChI=1S/C8H15N7O/c1-2-15(4-5(9)16)7-3-6(14-11)12-8(10)13-7/h3H,2,4,11H2,1H3,(H2,9,16)(H3,10,12,13,14). The van der Waals surface area contributed by atoms with Crippen molar-refractivity contribution in [2.75, 3.05) is 29.1 Å². The summed E-state index contributed by atoms with van der Waals surface area (Å²) < 4.78 is 0. The Balaban J connectivity index is 2.99. The van der Waals surface area contributed by atoms with Crippen molar-refractivity contribution in [1.29, 1.82) is 0 Å². The number of likely N-dealkylation sites (N-methyl/N-ethyl adjacent to an activating group) is 1. The van der Waals surface area contributed by atoms with Gasteiger partial charge in [0.15, 0.2) is 0 Å². The molecule has 16 heavy (non-hydrogen) atoms. The Morgan fingerprint density at radius 2 is 2.25 bits per heavy atom. The molecule has 8 heteroatoms. The lowest BCUT2D eigenvalue weighted by Crippen LogP contribution is -2.34. The molecule has 0 saturated heterocycles. The molecule has 0 saturated carbocycles. The van der Waals surface area contributed by atoms with E-state index in [1.807, 2.05) is 6.92 Å². The maximum Gasteiger partial charge on any atom is 0.236 e. The van der Waals surface area contributed by atoms with Gasteiger partial charge in [-0.15, -0.1) is 0 Å². The van der Waals surface area contributed by atoms with Gasteiger partial charge in [-0.25, -0.2) is 5.84 Å². The molecule has 0 radical (unpaired) electrons. The third kappa shape index (κ3) is 2.95. The van der Waals surface area contributed by atoms with Crippen LogP contribution in [0, 0.1) is 0 Å². The number of hydrazine groups is 1. The molecule has 0 unspecified atom stereocenters. The fourth-order valence-electron chi connectivity index (χ4n) is 1.23. The molecule has 1 rings (SSSR count). The Hall–Kier alpha value is -2.09. The van der Waals surface area contributed by atoms with Crippen molar-refractivity contribution in [2.24, 2.45) is 11.6 Å². The van der Waals surface area contributed by atoms with Crippen LogP contribution in [0.1, 0.15) is 6.92 Å². The van der Waals surface area contributed by atoms with Gasteiger partial charge in [0.25, 0.3) is 0 Å². The smallest absolute Gasteiger partial charge is 0.236 e. The van der Waals surface area contributed by atoms with Crippen LogP contribution in [0.3, 0.4) is 0 Å². The van der Waals surface area contributed by atoms with E-state index in [9.17, 15) is 4.79 Å². The lowest BCUT2D eigenvalue weighted by atomic mass is 10.4. The summed E-state index contributed by atoms with van der Waals surface area (Å²) in [5, 5.41) is 0. The number of primary amides is 1. The van der Waals surface area contributed by atoms with Gasteiger partial charge in [0, 0.05) is 12.6 Å². The highest BCUT2D eigenvalue weighted by atomic mass is 16.1. The lowest BCUT2D eigenvalue weighted by molar-refractivity contribution is -0.116. The average molecular weight is 225 g/mol. The molecule has 0 aliphatic rings. The Morgan fingerprint density at radius 1 is 1.56 bits per heavy atom. The molecular weight excluding hydrogens is 210 g/mol. The zero-order chi connectivity index (χ0) is 12.1. The van der Waals surface area contributed by atoms with Gasteiger partial charge < -0.3 is 21.8 Å². The first-order valence-corrected chi connectivity index (χ1v) is 4.71. The molecule has 0 bridgehead atoms. The van der Waals surface area contributed by atoms with Gasteiger partial charge in [-0.1, -0.05) is 0 Å². The second-order valence-electron chi connectivity index (χ2n) is 3.09. The number of rotatable bonds is 5. The number of anilines is 3. The van der Waals surface area contributed by atoms with Crippen molar-refractivity contribution in [3.63, 3.8) is 0 Å². The maximum atomic E-state index is 10.8. The van der Waals surface area contributed by atoms with Gasteiger partial charge in [0.1, 0.15) is 11.6 Å². The fraction of sp³-hybridized carbons (Fsp3) is 0.375. The summed E-state index contributed by atoms with van der Waals surface area (Å²) in [7, 11) is 0. The second kappa shape index (κ2) is 5.12. The van der Waals surface area contributed by atoms with Gasteiger partial charge in [-0.05, 0) is 6.92 Å². The van der Waals surface area contributed by atoms with E-state index in [1.165, 1.54) is 0 Å². The number of nitrogens with two attached hydrogens (primary N) is 3. The quantitative estimate of drug-likeness (QED) is 0.359. The van der Waals surface area contributed by atoms with Crippen molar-refractivity contribution in [2.45, 2.75) is 6.92 Å². The van der Waals surface area contributed by atoms with E-state index in [2.05, 4.69) is 15.4 Å². The number of hydrogen-bond acceptors (Lipinski definition) is 7. The Kier molecular flexibility index (Phi) is 3.84. The minimum absolute atomic E-state index is 0.0664. The SMILES string of the molecule is CCN(CC(N)=O)c1cc(NN)nc(N)n1. The van der Waals surface area contributed by atoms with Crippen molar-refractivity contribution >= 4 is 23.5 Å². The Labute approximate surface area is 92.8 Å². The predicted octanol–water partition coefficient (Wildman–Crippen LogP) is -1.34. The minimum Gasteiger partial charge on any atom is -0.368 e. The van der Waals surface area contributed by atoms with E-state index in [0.29, 0.717) is 18.2 Å². The van der Waals surface area contributed by atoms with E-state index in [-0.39, 0.29) is 12.5 Å². The molecule has 0 spiro atoms. The summed E-state index contributed by atoms with van der Waals surface area (Å²) in [5.41, 5.74) is 13.0.